The Kier molecular flexibility index (Phi) is 3.50. The van der Waals surface area contributed by atoms with E-state index in [2.05, 4.69) is 35.0 Å². The van der Waals surface area contributed by atoms with Crippen LogP contribution >= 0.6 is 0 Å². The van der Waals surface area contributed by atoms with E-state index in [1.54, 1.807) is 0 Å². The maximum absolute atomic E-state index is 13.3. The summed E-state index contributed by atoms with van der Waals surface area (Å²) in [5.41, 5.74) is 2.64. The number of carbonyl (C=O) groups is 1. The summed E-state index contributed by atoms with van der Waals surface area (Å²) in [7, 11) is 1.49. The van der Waals surface area contributed by atoms with Gasteiger partial charge in [-0.05, 0) is 36.8 Å². The lowest BCUT2D eigenvalue weighted by Crippen LogP contribution is -2.70. The number of para-hydroxylation sites is 1. The quantitative estimate of drug-likeness (QED) is 0.814. The lowest BCUT2D eigenvalue weighted by molar-refractivity contribution is -0.196. The summed E-state index contributed by atoms with van der Waals surface area (Å²) < 4.78 is 5.39. The van der Waals surface area contributed by atoms with E-state index in [-0.39, 0.29) is 17.9 Å². The number of nitrogens with one attached hydrogen (secondary N) is 1. The number of aliphatic hydroxyl groups excluding tert-OH is 1. The van der Waals surface area contributed by atoms with E-state index in [9.17, 15) is 9.90 Å². The lowest BCUT2D eigenvalue weighted by atomic mass is 9.56. The second kappa shape index (κ2) is 5.57. The second-order valence-corrected chi connectivity index (χ2v) is 8.20. The third kappa shape index (κ3) is 1.85. The molecule has 138 valence electrons. The Morgan fingerprint density at radius 3 is 3.00 bits per heavy atom. The number of nitrogens with zero attached hydrogens (tertiary/aromatic N) is 1. The highest BCUT2D eigenvalue weighted by Crippen LogP contribution is 2.56. The molecule has 0 radical (unpaired) electrons. The summed E-state index contributed by atoms with van der Waals surface area (Å²) in [6.45, 7) is 2.98. The first kappa shape index (κ1) is 16.3. The van der Waals surface area contributed by atoms with E-state index < -0.39 is 11.6 Å². The van der Waals surface area contributed by atoms with Crippen LogP contribution in [0.5, 0.6) is 0 Å². The van der Waals surface area contributed by atoms with E-state index in [0.29, 0.717) is 12.3 Å². The number of benzene rings is 1. The van der Waals surface area contributed by atoms with E-state index in [0.717, 1.165) is 37.0 Å². The number of fused-ring (bicyclic) bond motifs is 4. The molecule has 4 aliphatic rings. The van der Waals surface area contributed by atoms with Gasteiger partial charge in [0.15, 0.2) is 0 Å². The molecular weight excluding hydrogens is 328 g/mol. The predicted octanol–water partition coefficient (Wildman–Crippen LogP) is 2.57. The zero-order valence-corrected chi connectivity index (χ0v) is 15.4. The van der Waals surface area contributed by atoms with Gasteiger partial charge in [-0.3, -0.25) is 9.69 Å². The standard InChI is InChI=1S/C21H26N2O3/c1-3-12-10-13-11-21(20(25)26-2)17-15(8-9-23(18(12)21)19(13)24)14-6-4-5-7-16(14)22-17/h4-7,12-13,18-19,22,24H,3,8-11H2,1-2H3/t12-,13+,18-,19+,21+/m0/s1. The number of aromatic nitrogens is 1. The summed E-state index contributed by atoms with van der Waals surface area (Å²) >= 11 is 0. The topological polar surface area (TPSA) is 65.6 Å². The smallest absolute Gasteiger partial charge is 0.319 e. The molecule has 2 N–H and O–H groups in total. The Hall–Kier alpha value is -1.85. The van der Waals surface area contributed by atoms with Gasteiger partial charge in [-0.2, -0.15) is 0 Å². The summed E-state index contributed by atoms with van der Waals surface area (Å²) in [5.74, 6) is 0.354. The number of aromatic amines is 1. The van der Waals surface area contributed by atoms with Gasteiger partial charge in [0, 0.05) is 35.1 Å². The molecule has 6 atom stereocenters. The van der Waals surface area contributed by atoms with Crippen molar-refractivity contribution in [1.82, 2.24) is 9.88 Å². The van der Waals surface area contributed by atoms with Crippen LogP contribution in [0.3, 0.4) is 0 Å². The van der Waals surface area contributed by atoms with Crippen LogP contribution in [0.25, 0.3) is 10.9 Å². The number of H-pyrrole nitrogens is 1. The molecule has 1 saturated carbocycles. The molecule has 3 fully saturated rings. The van der Waals surface area contributed by atoms with Crippen LogP contribution in [0.15, 0.2) is 24.3 Å². The van der Waals surface area contributed by atoms with Gasteiger partial charge < -0.3 is 14.8 Å². The maximum Gasteiger partial charge on any atom is 0.319 e. The summed E-state index contributed by atoms with van der Waals surface area (Å²) in [6.07, 6.45) is 3.06. The van der Waals surface area contributed by atoms with Crippen molar-refractivity contribution in [3.8, 4) is 0 Å². The minimum Gasteiger partial charge on any atom is -0.468 e. The second-order valence-electron chi connectivity index (χ2n) is 8.20. The van der Waals surface area contributed by atoms with Crippen LogP contribution in [0.1, 0.15) is 37.4 Å². The fourth-order valence-electron chi connectivity index (χ4n) is 6.24. The van der Waals surface area contributed by atoms with E-state index >= 15 is 0 Å². The van der Waals surface area contributed by atoms with Crippen molar-refractivity contribution in [2.24, 2.45) is 11.8 Å². The number of aliphatic hydroxyl groups is 1. The van der Waals surface area contributed by atoms with E-state index in [4.69, 9.17) is 4.74 Å². The number of esters is 1. The van der Waals surface area contributed by atoms with Crippen LogP contribution in [0.4, 0.5) is 0 Å². The molecule has 4 heterocycles. The number of carbonyl (C=O) groups excluding carboxylic acids is 1. The predicted molar refractivity (Wildman–Crippen MR) is 98.7 cm³/mol. The number of piperidine rings is 2. The zero-order chi connectivity index (χ0) is 18.1. The van der Waals surface area contributed by atoms with Crippen molar-refractivity contribution in [2.45, 2.75) is 50.3 Å². The first-order chi connectivity index (χ1) is 12.6. The third-order valence-electron chi connectivity index (χ3n) is 7.21. The highest BCUT2D eigenvalue weighted by atomic mass is 16.5. The van der Waals surface area contributed by atoms with Gasteiger partial charge >= 0.3 is 5.97 Å². The van der Waals surface area contributed by atoms with Gasteiger partial charge in [0.25, 0.3) is 0 Å². The Morgan fingerprint density at radius 2 is 2.23 bits per heavy atom. The number of ether oxygens (including phenoxy) is 1. The molecule has 3 aliphatic heterocycles. The van der Waals surface area contributed by atoms with Crippen LogP contribution in [-0.4, -0.2) is 46.9 Å². The molecule has 1 unspecified atom stereocenters. The summed E-state index contributed by atoms with van der Waals surface area (Å²) in [5, 5.41) is 12.1. The fourth-order valence-corrected chi connectivity index (χ4v) is 6.24. The van der Waals surface area contributed by atoms with Crippen LogP contribution < -0.4 is 0 Å². The van der Waals surface area contributed by atoms with Gasteiger partial charge in [0.2, 0.25) is 0 Å². The minimum absolute atomic E-state index is 0.00531. The van der Waals surface area contributed by atoms with Crippen molar-refractivity contribution >= 4 is 16.9 Å². The minimum atomic E-state index is -0.706. The SMILES string of the molecule is CC[C@H]1C[C@@H]2C[C@@]3(C(=O)OC)c4[nH]c5ccccc5c4CCN([C@@H]2O)[C@@H]13. The highest BCUT2D eigenvalue weighted by molar-refractivity contribution is 5.91. The highest BCUT2D eigenvalue weighted by Gasteiger charge is 2.65. The van der Waals surface area contributed by atoms with Gasteiger partial charge in [0.1, 0.15) is 11.6 Å². The molecule has 26 heavy (non-hydrogen) atoms. The number of methoxy groups -OCH3 is 1. The van der Waals surface area contributed by atoms with E-state index in [1.165, 1.54) is 18.1 Å². The molecule has 1 aromatic carbocycles. The monoisotopic (exact) mass is 354 g/mol. The molecular formula is C21H26N2O3. The number of rotatable bonds is 2. The Labute approximate surface area is 153 Å². The molecule has 5 heteroatoms. The average Bonchev–Trinajstić information content (AvgIpc) is 3.00. The first-order valence-electron chi connectivity index (χ1n) is 9.74. The summed E-state index contributed by atoms with van der Waals surface area (Å²) in [6, 6.07) is 8.29. The molecule has 0 spiro atoms. The molecule has 5 nitrogen and oxygen atoms in total. The fraction of sp³-hybridized carbons (Fsp3) is 0.571. The molecule has 0 amide bonds. The van der Waals surface area contributed by atoms with Gasteiger partial charge in [0.05, 0.1) is 7.11 Å². The van der Waals surface area contributed by atoms with E-state index in [1.807, 2.05) is 6.07 Å². The van der Waals surface area contributed by atoms with Gasteiger partial charge in [-0.1, -0.05) is 31.5 Å². The molecule has 1 aliphatic carbocycles. The zero-order valence-electron chi connectivity index (χ0n) is 15.4. The van der Waals surface area contributed by atoms with Crippen LogP contribution in [-0.2, 0) is 21.4 Å². The Morgan fingerprint density at radius 1 is 1.42 bits per heavy atom. The number of hydrogen-bond acceptors (Lipinski definition) is 4. The third-order valence-corrected chi connectivity index (χ3v) is 7.21. The van der Waals surface area contributed by atoms with Crippen molar-refractivity contribution < 1.29 is 14.6 Å². The first-order valence-corrected chi connectivity index (χ1v) is 9.74. The normalized spacial score (nSPS) is 38.0. The van der Waals surface area contributed by atoms with Crippen molar-refractivity contribution in [3.63, 3.8) is 0 Å². The van der Waals surface area contributed by atoms with Crippen molar-refractivity contribution in [3.05, 3.63) is 35.5 Å². The molecule has 4 bridgehead atoms. The average molecular weight is 354 g/mol. The van der Waals surface area contributed by atoms with Gasteiger partial charge in [-0.25, -0.2) is 0 Å². The Balaban J connectivity index is 1.81. The Bertz CT molecular complexity index is 875. The maximum atomic E-state index is 13.3. The molecule has 1 aromatic heterocycles. The molecule has 2 saturated heterocycles. The molecule has 2 aromatic rings. The van der Waals surface area contributed by atoms with Crippen molar-refractivity contribution in [2.75, 3.05) is 13.7 Å². The van der Waals surface area contributed by atoms with Crippen molar-refractivity contribution in [1.29, 1.82) is 0 Å². The summed E-state index contributed by atoms with van der Waals surface area (Å²) in [4.78, 5) is 19.1. The van der Waals surface area contributed by atoms with Crippen LogP contribution in [0, 0.1) is 11.8 Å². The van der Waals surface area contributed by atoms with Crippen LogP contribution in [0.2, 0.25) is 0 Å². The van der Waals surface area contributed by atoms with Gasteiger partial charge in [-0.15, -0.1) is 0 Å². The largest absolute Gasteiger partial charge is 0.468 e. The number of hydrogen-bond donors (Lipinski definition) is 2. The molecule has 6 rings (SSSR count). The lowest BCUT2D eigenvalue weighted by Gasteiger charge is -2.59.